The number of hydrogen-bond acceptors (Lipinski definition) is 4. The standard InChI is InChI=1S/C13H20N2O2S/c1-9(5-10-3-4-18-8-10)15-13(16)12-6-11(17-2)7-14-12/h3-4,8-9,11-12,14H,5-7H2,1-2H3,(H,15,16). The van der Waals surface area contributed by atoms with Crippen LogP contribution in [-0.4, -0.2) is 37.7 Å². The quantitative estimate of drug-likeness (QED) is 0.843. The van der Waals surface area contributed by atoms with Crippen molar-refractivity contribution in [3.05, 3.63) is 22.4 Å². The van der Waals surface area contributed by atoms with Gasteiger partial charge >= 0.3 is 0 Å². The summed E-state index contributed by atoms with van der Waals surface area (Å²) in [6.07, 6.45) is 1.80. The minimum absolute atomic E-state index is 0.0808. The Hall–Kier alpha value is -0.910. The largest absolute Gasteiger partial charge is 0.380 e. The average Bonchev–Trinajstić information content (AvgIpc) is 2.98. The van der Waals surface area contributed by atoms with Gasteiger partial charge in [-0.1, -0.05) is 0 Å². The molecule has 2 heterocycles. The number of amides is 1. The van der Waals surface area contributed by atoms with E-state index < -0.39 is 0 Å². The lowest BCUT2D eigenvalue weighted by molar-refractivity contribution is -0.123. The first-order chi connectivity index (χ1) is 8.69. The third kappa shape index (κ3) is 3.54. The normalized spacial score (nSPS) is 25.0. The number of thiophene rings is 1. The molecule has 3 atom stereocenters. The lowest BCUT2D eigenvalue weighted by Gasteiger charge is -2.16. The molecular weight excluding hydrogens is 248 g/mol. The molecule has 0 saturated carbocycles. The predicted molar refractivity (Wildman–Crippen MR) is 72.8 cm³/mol. The number of methoxy groups -OCH3 is 1. The van der Waals surface area contributed by atoms with Gasteiger partial charge in [-0.2, -0.15) is 11.3 Å². The summed E-state index contributed by atoms with van der Waals surface area (Å²) in [7, 11) is 1.69. The zero-order valence-electron chi connectivity index (χ0n) is 10.8. The summed E-state index contributed by atoms with van der Waals surface area (Å²) < 4.78 is 5.24. The molecule has 0 radical (unpaired) electrons. The monoisotopic (exact) mass is 268 g/mol. The lowest BCUT2D eigenvalue weighted by Crippen LogP contribution is -2.44. The molecule has 1 aromatic rings. The molecule has 0 spiro atoms. The van der Waals surface area contributed by atoms with Crippen molar-refractivity contribution in [1.29, 1.82) is 0 Å². The van der Waals surface area contributed by atoms with E-state index >= 15 is 0 Å². The van der Waals surface area contributed by atoms with Crippen LogP contribution in [0.25, 0.3) is 0 Å². The highest BCUT2D eigenvalue weighted by Gasteiger charge is 2.29. The van der Waals surface area contributed by atoms with Crippen LogP contribution in [0.1, 0.15) is 18.9 Å². The number of carbonyl (C=O) groups is 1. The van der Waals surface area contributed by atoms with Gasteiger partial charge in [-0.05, 0) is 42.2 Å². The maximum absolute atomic E-state index is 12.0. The third-order valence-corrected chi connectivity index (χ3v) is 3.98. The van der Waals surface area contributed by atoms with Gasteiger partial charge in [0.15, 0.2) is 0 Å². The highest BCUT2D eigenvalue weighted by molar-refractivity contribution is 7.07. The Morgan fingerprint density at radius 1 is 1.72 bits per heavy atom. The van der Waals surface area contributed by atoms with Gasteiger partial charge in [0.2, 0.25) is 5.91 Å². The van der Waals surface area contributed by atoms with E-state index in [1.165, 1.54) is 5.56 Å². The fourth-order valence-corrected chi connectivity index (χ4v) is 2.92. The number of carbonyl (C=O) groups excluding carboxylic acids is 1. The van der Waals surface area contributed by atoms with E-state index in [1.54, 1.807) is 18.4 Å². The summed E-state index contributed by atoms with van der Waals surface area (Å²) in [5.74, 6) is 0.0808. The highest BCUT2D eigenvalue weighted by atomic mass is 32.1. The molecule has 18 heavy (non-hydrogen) atoms. The number of rotatable bonds is 5. The number of ether oxygens (including phenoxy) is 1. The molecule has 0 bridgehead atoms. The molecule has 100 valence electrons. The Morgan fingerprint density at radius 3 is 3.17 bits per heavy atom. The SMILES string of the molecule is COC1CNC(C(=O)NC(C)Cc2ccsc2)C1. The van der Waals surface area contributed by atoms with Gasteiger partial charge in [-0.3, -0.25) is 4.79 Å². The highest BCUT2D eigenvalue weighted by Crippen LogP contribution is 2.11. The topological polar surface area (TPSA) is 50.4 Å². The molecule has 1 aliphatic heterocycles. The maximum Gasteiger partial charge on any atom is 0.237 e. The number of nitrogens with one attached hydrogen (secondary N) is 2. The second kappa shape index (κ2) is 6.31. The van der Waals surface area contributed by atoms with Crippen molar-refractivity contribution in [1.82, 2.24) is 10.6 Å². The second-order valence-electron chi connectivity index (χ2n) is 4.80. The Balaban J connectivity index is 1.77. The van der Waals surface area contributed by atoms with Crippen molar-refractivity contribution in [2.45, 2.75) is 38.0 Å². The minimum atomic E-state index is -0.111. The summed E-state index contributed by atoms with van der Waals surface area (Å²) in [5.41, 5.74) is 1.28. The van der Waals surface area contributed by atoms with Crippen molar-refractivity contribution in [2.24, 2.45) is 0 Å². The van der Waals surface area contributed by atoms with Crippen molar-refractivity contribution in [3.63, 3.8) is 0 Å². The Morgan fingerprint density at radius 2 is 2.56 bits per heavy atom. The zero-order valence-corrected chi connectivity index (χ0v) is 11.6. The van der Waals surface area contributed by atoms with E-state index in [2.05, 4.69) is 27.5 Å². The molecule has 3 unspecified atom stereocenters. The van der Waals surface area contributed by atoms with Crippen LogP contribution < -0.4 is 10.6 Å². The lowest BCUT2D eigenvalue weighted by atomic mass is 10.1. The van der Waals surface area contributed by atoms with Crippen LogP contribution in [0.4, 0.5) is 0 Å². The minimum Gasteiger partial charge on any atom is -0.380 e. The Kier molecular flexibility index (Phi) is 4.74. The molecule has 5 heteroatoms. The third-order valence-electron chi connectivity index (χ3n) is 3.25. The van der Waals surface area contributed by atoms with Crippen LogP contribution in [0.3, 0.4) is 0 Å². The molecule has 1 fully saturated rings. The van der Waals surface area contributed by atoms with Gasteiger partial charge in [-0.25, -0.2) is 0 Å². The fraction of sp³-hybridized carbons (Fsp3) is 0.615. The van der Waals surface area contributed by atoms with Gasteiger partial charge in [0.25, 0.3) is 0 Å². The molecule has 0 aliphatic carbocycles. The molecule has 1 aliphatic rings. The summed E-state index contributed by atoms with van der Waals surface area (Å²) in [4.78, 5) is 12.0. The van der Waals surface area contributed by atoms with E-state index in [4.69, 9.17) is 4.74 Å². The zero-order chi connectivity index (χ0) is 13.0. The van der Waals surface area contributed by atoms with Gasteiger partial charge in [0.05, 0.1) is 12.1 Å². The van der Waals surface area contributed by atoms with Gasteiger partial charge in [-0.15, -0.1) is 0 Å². The van der Waals surface area contributed by atoms with Crippen LogP contribution in [0.5, 0.6) is 0 Å². The van der Waals surface area contributed by atoms with Crippen molar-refractivity contribution >= 4 is 17.2 Å². The smallest absolute Gasteiger partial charge is 0.237 e. The first-order valence-corrected chi connectivity index (χ1v) is 7.21. The molecule has 4 nitrogen and oxygen atoms in total. The average molecular weight is 268 g/mol. The molecular formula is C13H20N2O2S. The van der Waals surface area contributed by atoms with Gasteiger partial charge < -0.3 is 15.4 Å². The van der Waals surface area contributed by atoms with E-state index in [-0.39, 0.29) is 24.1 Å². The van der Waals surface area contributed by atoms with E-state index in [9.17, 15) is 4.79 Å². The van der Waals surface area contributed by atoms with Crippen LogP contribution in [0.2, 0.25) is 0 Å². The molecule has 1 amide bonds. The Bertz CT molecular complexity index is 380. The van der Waals surface area contributed by atoms with Crippen molar-refractivity contribution in [3.8, 4) is 0 Å². The number of hydrogen-bond donors (Lipinski definition) is 2. The van der Waals surface area contributed by atoms with Crippen LogP contribution in [0.15, 0.2) is 16.8 Å². The van der Waals surface area contributed by atoms with Crippen molar-refractivity contribution in [2.75, 3.05) is 13.7 Å². The van der Waals surface area contributed by atoms with E-state index in [0.29, 0.717) is 0 Å². The van der Waals surface area contributed by atoms with Gasteiger partial charge in [0.1, 0.15) is 0 Å². The van der Waals surface area contributed by atoms with Crippen molar-refractivity contribution < 1.29 is 9.53 Å². The van der Waals surface area contributed by atoms with Crippen LogP contribution in [0, 0.1) is 0 Å². The summed E-state index contributed by atoms with van der Waals surface area (Å²) >= 11 is 1.69. The summed E-state index contributed by atoms with van der Waals surface area (Å²) in [6.45, 7) is 2.80. The molecule has 2 rings (SSSR count). The molecule has 1 aromatic heterocycles. The van der Waals surface area contributed by atoms with Gasteiger partial charge in [0, 0.05) is 19.7 Å². The summed E-state index contributed by atoms with van der Waals surface area (Å²) in [6, 6.07) is 2.15. The predicted octanol–water partition coefficient (Wildman–Crippen LogP) is 1.17. The van der Waals surface area contributed by atoms with Crippen LogP contribution in [-0.2, 0) is 16.0 Å². The molecule has 2 N–H and O–H groups in total. The first kappa shape index (κ1) is 13.5. The molecule has 0 aromatic carbocycles. The maximum atomic E-state index is 12.0. The summed E-state index contributed by atoms with van der Waals surface area (Å²) in [5, 5.41) is 10.4. The molecule has 1 saturated heterocycles. The van der Waals surface area contributed by atoms with E-state index in [1.807, 2.05) is 6.92 Å². The second-order valence-corrected chi connectivity index (χ2v) is 5.58. The van der Waals surface area contributed by atoms with Crippen LogP contribution >= 0.6 is 11.3 Å². The van der Waals surface area contributed by atoms with E-state index in [0.717, 1.165) is 19.4 Å². The first-order valence-electron chi connectivity index (χ1n) is 6.26. The fourth-order valence-electron chi connectivity index (χ4n) is 2.24. The Labute approximate surface area is 112 Å².